The number of hydrogen-bond acceptors (Lipinski definition) is 5. The lowest BCUT2D eigenvalue weighted by Crippen LogP contribution is -2.28. The molecule has 0 aliphatic carbocycles. The van der Waals surface area contributed by atoms with E-state index in [9.17, 15) is 4.79 Å². The summed E-state index contributed by atoms with van der Waals surface area (Å²) in [6.07, 6.45) is 13.2. The molecule has 0 spiro atoms. The number of hydrogen-bond donors (Lipinski definition) is 2. The van der Waals surface area contributed by atoms with Gasteiger partial charge in [0.1, 0.15) is 5.75 Å². The molecular weight excluding hydrogens is 446 g/mol. The first-order valence-electron chi connectivity index (χ1n) is 14.7. The second-order valence-corrected chi connectivity index (χ2v) is 10.2. The van der Waals surface area contributed by atoms with Crippen molar-refractivity contribution in [2.24, 2.45) is 0 Å². The maximum absolute atomic E-state index is 12.9. The van der Waals surface area contributed by atoms with E-state index in [1.54, 1.807) is 6.08 Å². The molecule has 0 heterocycles. The highest BCUT2D eigenvalue weighted by atomic mass is 16.5. The Kier molecular flexibility index (Phi) is 19.0. The van der Waals surface area contributed by atoms with Crippen molar-refractivity contribution >= 4 is 5.78 Å². The minimum Gasteiger partial charge on any atom is -0.494 e. The first-order chi connectivity index (χ1) is 17.5. The van der Waals surface area contributed by atoms with E-state index in [-0.39, 0.29) is 5.78 Å². The highest BCUT2D eigenvalue weighted by Crippen LogP contribution is 2.15. The van der Waals surface area contributed by atoms with Gasteiger partial charge in [0.25, 0.3) is 0 Å². The molecule has 36 heavy (non-hydrogen) atoms. The van der Waals surface area contributed by atoms with E-state index in [0.717, 1.165) is 69.6 Å². The van der Waals surface area contributed by atoms with Crippen molar-refractivity contribution < 1.29 is 9.53 Å². The predicted octanol–water partition coefficient (Wildman–Crippen LogP) is 6.98. The first-order valence-corrected chi connectivity index (χ1v) is 14.7. The SMILES string of the molecule is CCCC/C(=C\C(=O)c1ccc(OCCCN(CCCC)CCCC)cc1)NCCCCNC(C)C. The molecule has 1 aromatic rings. The van der Waals surface area contributed by atoms with Crippen LogP contribution in [0.3, 0.4) is 0 Å². The fourth-order valence-corrected chi connectivity index (χ4v) is 4.00. The van der Waals surface area contributed by atoms with Crippen molar-refractivity contribution in [1.29, 1.82) is 0 Å². The Morgan fingerprint density at radius 3 is 2.08 bits per heavy atom. The van der Waals surface area contributed by atoms with Gasteiger partial charge >= 0.3 is 0 Å². The van der Waals surface area contributed by atoms with E-state index < -0.39 is 0 Å². The number of ketones is 1. The summed E-state index contributed by atoms with van der Waals surface area (Å²) in [5, 5.41) is 6.96. The van der Waals surface area contributed by atoms with Gasteiger partial charge in [0.05, 0.1) is 6.61 Å². The Balaban J connectivity index is 2.50. The van der Waals surface area contributed by atoms with Gasteiger partial charge in [-0.3, -0.25) is 4.79 Å². The van der Waals surface area contributed by atoms with Crippen LogP contribution in [-0.4, -0.2) is 56.1 Å². The molecule has 0 aliphatic rings. The smallest absolute Gasteiger partial charge is 0.187 e. The van der Waals surface area contributed by atoms with Crippen molar-refractivity contribution in [2.75, 3.05) is 39.3 Å². The van der Waals surface area contributed by atoms with Crippen LogP contribution in [0.1, 0.15) is 109 Å². The van der Waals surface area contributed by atoms with Crippen LogP contribution in [0, 0.1) is 0 Å². The monoisotopic (exact) mass is 501 g/mol. The van der Waals surface area contributed by atoms with E-state index in [4.69, 9.17) is 4.74 Å². The number of ether oxygens (including phenoxy) is 1. The fourth-order valence-electron chi connectivity index (χ4n) is 4.00. The Hall–Kier alpha value is -1.85. The third-order valence-corrected chi connectivity index (χ3v) is 6.30. The molecule has 0 bridgehead atoms. The van der Waals surface area contributed by atoms with Crippen molar-refractivity contribution in [3.05, 3.63) is 41.6 Å². The summed E-state index contributed by atoms with van der Waals surface area (Å²) in [7, 11) is 0. The molecule has 0 radical (unpaired) electrons. The Morgan fingerprint density at radius 2 is 1.47 bits per heavy atom. The van der Waals surface area contributed by atoms with Gasteiger partial charge in [-0.05, 0) is 88.8 Å². The zero-order valence-corrected chi connectivity index (χ0v) is 24.0. The van der Waals surface area contributed by atoms with Gasteiger partial charge in [-0.1, -0.05) is 53.9 Å². The van der Waals surface area contributed by atoms with Crippen molar-refractivity contribution in [3.63, 3.8) is 0 Å². The lowest BCUT2D eigenvalue weighted by Gasteiger charge is -2.21. The van der Waals surface area contributed by atoms with Gasteiger partial charge in [-0.25, -0.2) is 0 Å². The quantitative estimate of drug-likeness (QED) is 0.0962. The minimum absolute atomic E-state index is 0.0594. The number of rotatable bonds is 23. The molecule has 0 saturated heterocycles. The Morgan fingerprint density at radius 1 is 0.861 bits per heavy atom. The van der Waals surface area contributed by atoms with E-state index in [2.05, 4.69) is 50.2 Å². The second kappa shape index (κ2) is 21.3. The van der Waals surface area contributed by atoms with Crippen LogP contribution in [0.5, 0.6) is 5.75 Å². The summed E-state index contributed by atoms with van der Waals surface area (Å²) in [6.45, 7) is 17.1. The van der Waals surface area contributed by atoms with Gasteiger partial charge in [-0.15, -0.1) is 0 Å². The molecule has 0 saturated carbocycles. The van der Waals surface area contributed by atoms with Gasteiger partial charge in [-0.2, -0.15) is 0 Å². The van der Waals surface area contributed by atoms with E-state index in [1.165, 1.54) is 38.8 Å². The van der Waals surface area contributed by atoms with Crippen molar-refractivity contribution in [1.82, 2.24) is 15.5 Å². The zero-order chi connectivity index (χ0) is 26.4. The lowest BCUT2D eigenvalue weighted by molar-refractivity contribution is 0.104. The zero-order valence-electron chi connectivity index (χ0n) is 24.0. The summed E-state index contributed by atoms with van der Waals surface area (Å²) >= 11 is 0. The molecule has 206 valence electrons. The Labute approximate surface area is 222 Å². The largest absolute Gasteiger partial charge is 0.494 e. The van der Waals surface area contributed by atoms with Crippen LogP contribution in [0.4, 0.5) is 0 Å². The number of nitrogens with zero attached hydrogens (tertiary/aromatic N) is 1. The molecule has 0 atom stereocenters. The molecule has 5 nitrogen and oxygen atoms in total. The highest BCUT2D eigenvalue weighted by Gasteiger charge is 2.07. The van der Waals surface area contributed by atoms with Gasteiger partial charge in [0.2, 0.25) is 0 Å². The molecule has 0 amide bonds. The summed E-state index contributed by atoms with van der Waals surface area (Å²) in [5.74, 6) is 0.896. The molecule has 1 rings (SSSR count). The third kappa shape index (κ3) is 16.0. The summed E-state index contributed by atoms with van der Waals surface area (Å²) in [4.78, 5) is 15.4. The maximum atomic E-state index is 12.9. The van der Waals surface area contributed by atoms with Gasteiger partial charge in [0, 0.05) is 36.5 Å². The molecule has 0 unspecified atom stereocenters. The van der Waals surface area contributed by atoms with Crippen LogP contribution in [0.15, 0.2) is 36.0 Å². The molecule has 5 heteroatoms. The number of allylic oxidation sites excluding steroid dienone is 2. The summed E-state index contributed by atoms with van der Waals surface area (Å²) in [5.41, 5.74) is 1.76. The van der Waals surface area contributed by atoms with Crippen LogP contribution in [0.2, 0.25) is 0 Å². The molecule has 2 N–H and O–H groups in total. The Bertz CT molecular complexity index is 692. The van der Waals surface area contributed by atoms with Gasteiger partial charge < -0.3 is 20.3 Å². The fraction of sp³-hybridized carbons (Fsp3) is 0.710. The first kappa shape index (κ1) is 32.2. The third-order valence-electron chi connectivity index (χ3n) is 6.30. The van der Waals surface area contributed by atoms with Crippen LogP contribution in [0.25, 0.3) is 0 Å². The normalized spacial score (nSPS) is 11.9. The standard InChI is InChI=1S/C31H55N3O2/c1-6-9-15-29(33-21-13-12-20-32-27(4)5)26-31(35)28-16-18-30(19-17-28)36-25-14-24-34(22-10-7-2)23-11-8-3/h16-19,26-27,32-33H,6-15,20-25H2,1-5H3/b29-26+. The lowest BCUT2D eigenvalue weighted by atomic mass is 10.1. The van der Waals surface area contributed by atoms with Crippen LogP contribution >= 0.6 is 0 Å². The highest BCUT2D eigenvalue weighted by molar-refractivity contribution is 6.04. The van der Waals surface area contributed by atoms with Crippen molar-refractivity contribution in [2.45, 2.75) is 105 Å². The average molecular weight is 502 g/mol. The van der Waals surface area contributed by atoms with Crippen LogP contribution < -0.4 is 15.4 Å². The summed E-state index contributed by atoms with van der Waals surface area (Å²) < 4.78 is 5.96. The number of carbonyl (C=O) groups excluding carboxylic acids is 1. The number of unbranched alkanes of at least 4 members (excludes halogenated alkanes) is 4. The average Bonchev–Trinajstić information content (AvgIpc) is 2.88. The van der Waals surface area contributed by atoms with Crippen LogP contribution in [-0.2, 0) is 0 Å². The van der Waals surface area contributed by atoms with E-state index in [0.29, 0.717) is 18.2 Å². The maximum Gasteiger partial charge on any atom is 0.187 e. The van der Waals surface area contributed by atoms with E-state index >= 15 is 0 Å². The molecule has 0 aliphatic heterocycles. The van der Waals surface area contributed by atoms with Gasteiger partial charge in [0.15, 0.2) is 5.78 Å². The van der Waals surface area contributed by atoms with Crippen molar-refractivity contribution in [3.8, 4) is 5.75 Å². The number of carbonyl (C=O) groups is 1. The molecule has 1 aromatic carbocycles. The van der Waals surface area contributed by atoms with E-state index in [1.807, 2.05) is 24.3 Å². The topological polar surface area (TPSA) is 53.6 Å². The predicted molar refractivity (Wildman–Crippen MR) is 155 cm³/mol. The second-order valence-electron chi connectivity index (χ2n) is 10.2. The molecular formula is C31H55N3O2. The summed E-state index contributed by atoms with van der Waals surface area (Å²) in [6, 6.07) is 8.15. The molecule has 0 fully saturated rings. The molecule has 0 aromatic heterocycles. The number of benzene rings is 1. The minimum atomic E-state index is 0.0594. The number of nitrogens with one attached hydrogen (secondary N) is 2.